The third kappa shape index (κ3) is 11.0. The number of amides is 1. The van der Waals surface area contributed by atoms with Gasteiger partial charge in [-0.05, 0) is 19.3 Å². The van der Waals surface area contributed by atoms with E-state index in [1.807, 2.05) is 20.8 Å². The topological polar surface area (TPSA) is 64.6 Å². The van der Waals surface area contributed by atoms with E-state index in [4.69, 9.17) is 9.47 Å². The highest BCUT2D eigenvalue weighted by atomic mass is 16.6. The van der Waals surface area contributed by atoms with Crippen molar-refractivity contribution in [1.82, 2.24) is 5.32 Å². The summed E-state index contributed by atoms with van der Waals surface area (Å²) in [6.07, 6.45) is -0.283. The second-order valence-electron chi connectivity index (χ2n) is 5.34. The molecule has 0 aromatic heterocycles. The molecule has 0 aromatic rings. The molecule has 0 spiro atoms. The van der Waals surface area contributed by atoms with Crippen molar-refractivity contribution in [3.05, 3.63) is 0 Å². The molecule has 0 rings (SSSR count). The first kappa shape index (κ1) is 15.7. The number of hydrogen-bond donors (Lipinski definition) is 1. The summed E-state index contributed by atoms with van der Waals surface area (Å²) < 4.78 is 9.81. The number of hydrogen-bond acceptors (Lipinski definition) is 4. The SMILES string of the molecule is CC(C)OC(=O)NCCOC(=O)CC(C)(C)C. The fraction of sp³-hybridized carbons (Fsp3) is 0.833. The third-order valence-corrected chi connectivity index (χ3v) is 1.65. The fourth-order valence-corrected chi connectivity index (χ4v) is 1.06. The highest BCUT2D eigenvalue weighted by Crippen LogP contribution is 2.18. The molecule has 5 nitrogen and oxygen atoms in total. The van der Waals surface area contributed by atoms with E-state index in [9.17, 15) is 9.59 Å². The van der Waals surface area contributed by atoms with Crippen LogP contribution in [0.1, 0.15) is 41.0 Å². The van der Waals surface area contributed by atoms with E-state index in [-0.39, 0.29) is 30.6 Å². The molecule has 0 aromatic carbocycles. The van der Waals surface area contributed by atoms with Gasteiger partial charge in [-0.2, -0.15) is 0 Å². The van der Waals surface area contributed by atoms with E-state index < -0.39 is 6.09 Å². The van der Waals surface area contributed by atoms with Crippen molar-refractivity contribution in [2.45, 2.75) is 47.1 Å². The van der Waals surface area contributed by atoms with Crippen LogP contribution < -0.4 is 5.32 Å². The Morgan fingerprint density at radius 3 is 2.29 bits per heavy atom. The van der Waals surface area contributed by atoms with Crippen LogP contribution in [0.4, 0.5) is 4.79 Å². The predicted molar refractivity (Wildman–Crippen MR) is 64.7 cm³/mol. The van der Waals surface area contributed by atoms with Gasteiger partial charge in [0.05, 0.1) is 19.1 Å². The third-order valence-electron chi connectivity index (χ3n) is 1.65. The van der Waals surface area contributed by atoms with Gasteiger partial charge in [-0.15, -0.1) is 0 Å². The molecule has 100 valence electrons. The van der Waals surface area contributed by atoms with E-state index in [0.29, 0.717) is 6.42 Å². The Kier molecular flexibility index (Phi) is 6.61. The number of alkyl carbamates (subject to hydrolysis) is 1. The summed E-state index contributed by atoms with van der Waals surface area (Å²) in [6.45, 7) is 9.86. The Hall–Kier alpha value is -1.26. The number of nitrogens with one attached hydrogen (secondary N) is 1. The summed E-state index contributed by atoms with van der Waals surface area (Å²) in [6, 6.07) is 0. The molecule has 0 heterocycles. The van der Waals surface area contributed by atoms with E-state index >= 15 is 0 Å². The molecule has 0 atom stereocenters. The van der Waals surface area contributed by atoms with Crippen LogP contribution in [-0.4, -0.2) is 31.3 Å². The zero-order chi connectivity index (χ0) is 13.5. The molecule has 0 saturated carbocycles. The Bertz CT molecular complexity index is 256. The number of carbonyl (C=O) groups is 2. The zero-order valence-corrected chi connectivity index (χ0v) is 11.3. The van der Waals surface area contributed by atoms with Crippen LogP contribution in [0, 0.1) is 5.41 Å². The summed E-state index contributed by atoms with van der Waals surface area (Å²) in [5.74, 6) is -0.253. The van der Waals surface area contributed by atoms with Gasteiger partial charge in [-0.3, -0.25) is 4.79 Å². The standard InChI is InChI=1S/C12H23NO4/c1-9(2)17-11(15)13-6-7-16-10(14)8-12(3,4)5/h9H,6-8H2,1-5H3,(H,13,15). The van der Waals surface area contributed by atoms with Gasteiger partial charge in [-0.25, -0.2) is 4.79 Å². The number of carbonyl (C=O) groups excluding carboxylic acids is 2. The lowest BCUT2D eigenvalue weighted by Gasteiger charge is -2.16. The van der Waals surface area contributed by atoms with Crippen LogP contribution in [-0.2, 0) is 14.3 Å². The Labute approximate surface area is 103 Å². The average Bonchev–Trinajstić information content (AvgIpc) is 2.08. The van der Waals surface area contributed by atoms with E-state index in [0.717, 1.165) is 0 Å². The smallest absolute Gasteiger partial charge is 0.407 e. The maximum absolute atomic E-state index is 11.3. The van der Waals surface area contributed by atoms with Gasteiger partial charge in [0, 0.05) is 0 Å². The van der Waals surface area contributed by atoms with Gasteiger partial charge >= 0.3 is 12.1 Å². The molecule has 0 saturated heterocycles. The minimum atomic E-state index is -0.494. The molecule has 0 fully saturated rings. The van der Waals surface area contributed by atoms with Crippen LogP contribution >= 0.6 is 0 Å². The molecular weight excluding hydrogens is 222 g/mol. The molecule has 0 radical (unpaired) electrons. The fourth-order valence-electron chi connectivity index (χ4n) is 1.06. The molecule has 0 aliphatic rings. The largest absolute Gasteiger partial charge is 0.464 e. The number of rotatable bonds is 5. The Morgan fingerprint density at radius 1 is 1.24 bits per heavy atom. The molecule has 0 bridgehead atoms. The minimum Gasteiger partial charge on any atom is -0.464 e. The van der Waals surface area contributed by atoms with E-state index in [1.165, 1.54) is 0 Å². The lowest BCUT2D eigenvalue weighted by atomic mass is 9.93. The Balaban J connectivity index is 3.58. The van der Waals surface area contributed by atoms with Crippen LogP contribution in [0.5, 0.6) is 0 Å². The number of ether oxygens (including phenoxy) is 2. The summed E-state index contributed by atoms with van der Waals surface area (Å²) >= 11 is 0. The minimum absolute atomic E-state index is 0.0823. The first-order chi connectivity index (χ1) is 7.70. The van der Waals surface area contributed by atoms with E-state index in [2.05, 4.69) is 5.32 Å². The van der Waals surface area contributed by atoms with Crippen molar-refractivity contribution in [2.24, 2.45) is 5.41 Å². The van der Waals surface area contributed by atoms with Gasteiger partial charge in [-0.1, -0.05) is 20.8 Å². The quantitative estimate of drug-likeness (QED) is 0.595. The highest BCUT2D eigenvalue weighted by molar-refractivity contribution is 5.70. The lowest BCUT2D eigenvalue weighted by molar-refractivity contribution is -0.145. The maximum atomic E-state index is 11.3. The van der Waals surface area contributed by atoms with Crippen molar-refractivity contribution in [3.8, 4) is 0 Å². The number of esters is 1. The molecule has 1 N–H and O–H groups in total. The lowest BCUT2D eigenvalue weighted by Crippen LogP contribution is -2.30. The molecule has 0 aliphatic carbocycles. The second-order valence-corrected chi connectivity index (χ2v) is 5.34. The first-order valence-electron chi connectivity index (χ1n) is 5.81. The van der Waals surface area contributed by atoms with Crippen LogP contribution in [0.2, 0.25) is 0 Å². The zero-order valence-electron chi connectivity index (χ0n) is 11.3. The maximum Gasteiger partial charge on any atom is 0.407 e. The van der Waals surface area contributed by atoms with Gasteiger partial charge < -0.3 is 14.8 Å². The van der Waals surface area contributed by atoms with Crippen molar-refractivity contribution >= 4 is 12.1 Å². The van der Waals surface area contributed by atoms with Gasteiger partial charge in [0.2, 0.25) is 0 Å². The van der Waals surface area contributed by atoms with Gasteiger partial charge in [0.15, 0.2) is 0 Å². The molecule has 17 heavy (non-hydrogen) atoms. The first-order valence-corrected chi connectivity index (χ1v) is 5.81. The van der Waals surface area contributed by atoms with E-state index in [1.54, 1.807) is 13.8 Å². The monoisotopic (exact) mass is 245 g/mol. The molecule has 0 unspecified atom stereocenters. The van der Waals surface area contributed by atoms with Crippen LogP contribution in [0.3, 0.4) is 0 Å². The summed E-state index contributed by atoms with van der Waals surface area (Å²) in [4.78, 5) is 22.4. The van der Waals surface area contributed by atoms with Crippen molar-refractivity contribution in [1.29, 1.82) is 0 Å². The molecule has 0 aliphatic heterocycles. The predicted octanol–water partition coefficient (Wildman–Crippen LogP) is 2.10. The van der Waals surface area contributed by atoms with Crippen molar-refractivity contribution in [3.63, 3.8) is 0 Å². The molecule has 5 heteroatoms. The molecular formula is C12H23NO4. The summed E-state index contributed by atoms with van der Waals surface area (Å²) in [5, 5.41) is 2.49. The average molecular weight is 245 g/mol. The molecule has 1 amide bonds. The second kappa shape index (κ2) is 7.14. The summed E-state index contributed by atoms with van der Waals surface area (Å²) in [7, 11) is 0. The van der Waals surface area contributed by atoms with Crippen molar-refractivity contribution in [2.75, 3.05) is 13.2 Å². The highest BCUT2D eigenvalue weighted by Gasteiger charge is 2.16. The Morgan fingerprint density at radius 2 is 1.82 bits per heavy atom. The van der Waals surface area contributed by atoms with Gasteiger partial charge in [0.1, 0.15) is 6.61 Å². The van der Waals surface area contributed by atoms with Crippen LogP contribution in [0.25, 0.3) is 0 Å². The van der Waals surface area contributed by atoms with Gasteiger partial charge in [0.25, 0.3) is 0 Å². The summed E-state index contributed by atoms with van der Waals surface area (Å²) in [5.41, 5.74) is -0.0823. The van der Waals surface area contributed by atoms with Crippen LogP contribution in [0.15, 0.2) is 0 Å². The van der Waals surface area contributed by atoms with Crippen molar-refractivity contribution < 1.29 is 19.1 Å². The normalized spacial score (nSPS) is 11.2.